The fraction of sp³-hybridized carbons (Fsp3) is 0.333. The predicted molar refractivity (Wildman–Crippen MR) is 48.9 cm³/mol. The van der Waals surface area contributed by atoms with Crippen LogP contribution in [0, 0.1) is 6.92 Å². The van der Waals surface area contributed by atoms with Gasteiger partial charge in [-0.2, -0.15) is 0 Å². The summed E-state index contributed by atoms with van der Waals surface area (Å²) >= 11 is 1.24. The number of aromatic amines is 1. The summed E-state index contributed by atoms with van der Waals surface area (Å²) < 4.78 is 6.10. The molecule has 14 heavy (non-hydrogen) atoms. The summed E-state index contributed by atoms with van der Waals surface area (Å²) in [4.78, 5) is 15.3. The topological polar surface area (TPSA) is 85.7 Å². The summed E-state index contributed by atoms with van der Waals surface area (Å²) in [6.45, 7) is 1.77. The van der Waals surface area contributed by atoms with Gasteiger partial charge < -0.3 is 4.74 Å². The first-order valence-corrected chi connectivity index (χ1v) is 4.56. The molecule has 0 unspecified atom stereocenters. The van der Waals surface area contributed by atoms with Crippen molar-refractivity contribution in [2.24, 2.45) is 0 Å². The Bertz CT molecular complexity index is 498. The lowest BCUT2D eigenvalue weighted by molar-refractivity contribution is 0.411. The lowest BCUT2D eigenvalue weighted by atomic mass is 10.5. The summed E-state index contributed by atoms with van der Waals surface area (Å²) in [7, 11) is 1.52. The normalized spacial score (nSPS) is 10.4. The van der Waals surface area contributed by atoms with Crippen LogP contribution in [-0.4, -0.2) is 32.3 Å². The molecule has 0 spiro atoms. The Kier molecular flexibility index (Phi) is 2.04. The fourth-order valence-electron chi connectivity index (χ4n) is 0.979. The lowest BCUT2D eigenvalue weighted by Crippen LogP contribution is -2.15. The molecule has 0 amide bonds. The van der Waals surface area contributed by atoms with Gasteiger partial charge in [0.25, 0.3) is 5.19 Å². The Morgan fingerprint density at radius 2 is 2.36 bits per heavy atom. The maximum absolute atomic E-state index is 11.2. The van der Waals surface area contributed by atoms with Crippen LogP contribution in [0.4, 0.5) is 0 Å². The summed E-state index contributed by atoms with van der Waals surface area (Å²) in [6, 6.07) is 0. The fourth-order valence-corrected chi connectivity index (χ4v) is 1.81. The second-order valence-corrected chi connectivity index (χ2v) is 3.43. The van der Waals surface area contributed by atoms with Crippen molar-refractivity contribution < 1.29 is 4.74 Å². The average molecular weight is 213 g/mol. The third-order valence-electron chi connectivity index (χ3n) is 1.59. The molecule has 0 fully saturated rings. The van der Waals surface area contributed by atoms with Gasteiger partial charge in [0.15, 0.2) is 5.00 Å². The molecule has 8 heteroatoms. The van der Waals surface area contributed by atoms with E-state index in [1.165, 1.54) is 18.4 Å². The highest BCUT2D eigenvalue weighted by molar-refractivity contribution is 7.16. The van der Waals surface area contributed by atoms with Gasteiger partial charge in [0.05, 0.1) is 12.8 Å². The number of tetrazole rings is 1. The quantitative estimate of drug-likeness (QED) is 0.742. The van der Waals surface area contributed by atoms with Crippen LogP contribution in [0.2, 0.25) is 0 Å². The van der Waals surface area contributed by atoms with Gasteiger partial charge in [-0.3, -0.25) is 0 Å². The van der Waals surface area contributed by atoms with Crippen molar-refractivity contribution in [2.75, 3.05) is 7.11 Å². The number of nitrogens with one attached hydrogen (secondary N) is 1. The molecule has 0 saturated heterocycles. The predicted octanol–water partition coefficient (Wildman–Crippen LogP) is -0.271. The molecule has 0 aliphatic heterocycles. The lowest BCUT2D eigenvalue weighted by Gasteiger charge is -1.90. The van der Waals surface area contributed by atoms with Gasteiger partial charge in [-0.1, -0.05) is 11.3 Å². The zero-order valence-electron chi connectivity index (χ0n) is 7.51. The number of H-pyrrole nitrogens is 1. The van der Waals surface area contributed by atoms with Gasteiger partial charge in [0, 0.05) is 0 Å². The zero-order valence-corrected chi connectivity index (χ0v) is 8.33. The summed E-state index contributed by atoms with van der Waals surface area (Å²) in [5, 5.41) is 10.3. The van der Waals surface area contributed by atoms with E-state index in [-0.39, 0.29) is 5.69 Å². The number of thiazole rings is 1. The van der Waals surface area contributed by atoms with Gasteiger partial charge in [0.1, 0.15) is 0 Å². The van der Waals surface area contributed by atoms with Crippen LogP contribution in [0.15, 0.2) is 4.79 Å². The Hall–Kier alpha value is -1.70. The van der Waals surface area contributed by atoms with E-state index in [4.69, 9.17) is 4.74 Å². The first-order valence-electron chi connectivity index (χ1n) is 3.74. The number of ether oxygens (including phenoxy) is 1. The Morgan fingerprint density at radius 3 is 2.86 bits per heavy atom. The van der Waals surface area contributed by atoms with Crippen LogP contribution in [0.1, 0.15) is 5.69 Å². The smallest absolute Gasteiger partial charge is 0.366 e. The van der Waals surface area contributed by atoms with E-state index >= 15 is 0 Å². The third kappa shape index (κ3) is 1.29. The van der Waals surface area contributed by atoms with Crippen LogP contribution in [-0.2, 0) is 0 Å². The number of aromatic nitrogens is 5. The van der Waals surface area contributed by atoms with Gasteiger partial charge in [-0.25, -0.2) is 14.9 Å². The van der Waals surface area contributed by atoms with Crippen molar-refractivity contribution in [3.63, 3.8) is 0 Å². The van der Waals surface area contributed by atoms with E-state index in [0.29, 0.717) is 15.9 Å². The number of methoxy groups -OCH3 is 1. The molecule has 2 heterocycles. The number of rotatable bonds is 2. The van der Waals surface area contributed by atoms with Crippen molar-refractivity contribution in [1.82, 2.24) is 25.2 Å². The monoisotopic (exact) mass is 213 g/mol. The maximum Gasteiger partial charge on any atom is 0.366 e. The average Bonchev–Trinajstić information content (AvgIpc) is 2.72. The van der Waals surface area contributed by atoms with Crippen molar-refractivity contribution in [2.45, 2.75) is 6.92 Å². The molecule has 0 aromatic carbocycles. The Balaban J connectivity index is 2.57. The molecule has 2 aromatic heterocycles. The molecular weight excluding hydrogens is 206 g/mol. The van der Waals surface area contributed by atoms with Gasteiger partial charge in [0.2, 0.25) is 0 Å². The van der Waals surface area contributed by atoms with Crippen LogP contribution in [0.25, 0.3) is 5.00 Å². The Morgan fingerprint density at radius 1 is 1.57 bits per heavy atom. The molecule has 0 radical (unpaired) electrons. The minimum absolute atomic E-state index is 0.389. The van der Waals surface area contributed by atoms with Crippen LogP contribution in [0.5, 0.6) is 5.19 Å². The molecule has 1 N–H and O–H groups in total. The molecule has 74 valence electrons. The van der Waals surface area contributed by atoms with Gasteiger partial charge >= 0.3 is 5.69 Å². The highest BCUT2D eigenvalue weighted by Gasteiger charge is 2.12. The van der Waals surface area contributed by atoms with Gasteiger partial charge in [-0.05, 0) is 17.4 Å². The molecule has 0 atom stereocenters. The first-order chi connectivity index (χ1) is 6.72. The van der Waals surface area contributed by atoms with E-state index in [1.807, 2.05) is 0 Å². The first kappa shape index (κ1) is 8.88. The molecule has 0 saturated carbocycles. The molecule has 0 aliphatic rings. The highest BCUT2D eigenvalue weighted by atomic mass is 32.1. The summed E-state index contributed by atoms with van der Waals surface area (Å²) in [5.41, 5.74) is 0.294. The number of aryl methyl sites for hydroxylation is 1. The van der Waals surface area contributed by atoms with Crippen molar-refractivity contribution in [1.29, 1.82) is 0 Å². The summed E-state index contributed by atoms with van der Waals surface area (Å²) in [5.74, 6) is 0. The zero-order chi connectivity index (χ0) is 10.1. The molecule has 0 bridgehead atoms. The standard InChI is InChI=1S/C6H7N5O2S/c1-3-4(14-6(7-3)13-2)11-5(12)8-9-10-11/h1-2H3,(H,8,10,12). The number of hydrogen-bond acceptors (Lipinski definition) is 6. The third-order valence-corrected chi connectivity index (χ3v) is 2.69. The second kappa shape index (κ2) is 3.22. The van der Waals surface area contributed by atoms with Crippen LogP contribution in [0.3, 0.4) is 0 Å². The second-order valence-electron chi connectivity index (χ2n) is 2.49. The minimum atomic E-state index is -0.389. The van der Waals surface area contributed by atoms with E-state index in [1.54, 1.807) is 6.92 Å². The van der Waals surface area contributed by atoms with Crippen molar-refractivity contribution in [3.8, 4) is 10.2 Å². The molecule has 0 aliphatic carbocycles. The van der Waals surface area contributed by atoms with E-state index in [9.17, 15) is 4.79 Å². The molecule has 2 rings (SSSR count). The van der Waals surface area contributed by atoms with E-state index in [0.717, 1.165) is 4.68 Å². The summed E-state index contributed by atoms with van der Waals surface area (Å²) in [6.07, 6.45) is 0. The largest absolute Gasteiger partial charge is 0.473 e. The maximum atomic E-state index is 11.2. The van der Waals surface area contributed by atoms with Crippen LogP contribution < -0.4 is 10.4 Å². The SMILES string of the molecule is COc1nc(C)c(-n2nn[nH]c2=O)s1. The van der Waals surface area contributed by atoms with Crippen molar-refractivity contribution >= 4 is 11.3 Å². The number of nitrogens with zero attached hydrogens (tertiary/aromatic N) is 4. The number of hydrogen-bond donors (Lipinski definition) is 1. The van der Waals surface area contributed by atoms with E-state index in [2.05, 4.69) is 20.5 Å². The Labute approximate surface area is 82.3 Å². The highest BCUT2D eigenvalue weighted by Crippen LogP contribution is 2.25. The molecule has 2 aromatic rings. The molecular formula is C6H7N5O2S. The minimum Gasteiger partial charge on any atom is -0.473 e. The van der Waals surface area contributed by atoms with Crippen LogP contribution >= 0.6 is 11.3 Å². The van der Waals surface area contributed by atoms with E-state index < -0.39 is 0 Å². The van der Waals surface area contributed by atoms with Crippen molar-refractivity contribution in [3.05, 3.63) is 16.2 Å². The van der Waals surface area contributed by atoms with Gasteiger partial charge in [-0.15, -0.1) is 4.68 Å². The molecule has 7 nitrogen and oxygen atoms in total.